The number of hydrogen-bond donors (Lipinski definition) is 2. The fourth-order valence-electron chi connectivity index (χ4n) is 2.56. The van der Waals surface area contributed by atoms with E-state index in [1.54, 1.807) is 25.4 Å². The highest BCUT2D eigenvalue weighted by atomic mass is 19.1. The average Bonchev–Trinajstić information content (AvgIpc) is 3.53. The number of aromatic nitrogens is 1. The third-order valence-corrected chi connectivity index (χ3v) is 4.33. The van der Waals surface area contributed by atoms with Crippen molar-refractivity contribution in [2.24, 2.45) is 10.9 Å². The van der Waals surface area contributed by atoms with Crippen molar-refractivity contribution >= 4 is 5.96 Å². The van der Waals surface area contributed by atoms with E-state index < -0.39 is 0 Å². The van der Waals surface area contributed by atoms with Crippen molar-refractivity contribution in [3.8, 4) is 11.6 Å². The van der Waals surface area contributed by atoms with Crippen LogP contribution in [0.4, 0.5) is 4.39 Å². The van der Waals surface area contributed by atoms with Crippen molar-refractivity contribution in [1.29, 1.82) is 0 Å². The lowest BCUT2D eigenvalue weighted by Gasteiger charge is -2.12. The minimum absolute atomic E-state index is 0.299. The van der Waals surface area contributed by atoms with E-state index in [-0.39, 0.29) is 5.82 Å². The summed E-state index contributed by atoms with van der Waals surface area (Å²) in [5.74, 6) is 2.24. The molecule has 1 aliphatic carbocycles. The Kier molecular flexibility index (Phi) is 7.61. The van der Waals surface area contributed by atoms with Gasteiger partial charge < -0.3 is 20.1 Å². The number of pyridine rings is 1. The van der Waals surface area contributed by atoms with E-state index >= 15 is 0 Å². The van der Waals surface area contributed by atoms with Crippen LogP contribution in [0, 0.1) is 11.7 Å². The van der Waals surface area contributed by atoms with Crippen molar-refractivity contribution in [3.63, 3.8) is 0 Å². The van der Waals surface area contributed by atoms with Crippen LogP contribution in [0.15, 0.2) is 47.6 Å². The van der Waals surface area contributed by atoms with Crippen LogP contribution in [0.5, 0.6) is 11.6 Å². The van der Waals surface area contributed by atoms with E-state index in [4.69, 9.17) is 9.47 Å². The molecule has 1 heterocycles. The molecule has 1 saturated carbocycles. The lowest BCUT2D eigenvalue weighted by atomic mass is 10.2. The number of guanidine groups is 1. The Hall–Kier alpha value is -2.67. The lowest BCUT2D eigenvalue weighted by Crippen LogP contribution is -2.37. The van der Waals surface area contributed by atoms with Crippen molar-refractivity contribution in [1.82, 2.24) is 15.6 Å². The van der Waals surface area contributed by atoms with Crippen LogP contribution in [-0.4, -0.2) is 37.7 Å². The SMILES string of the molecule is CN=C(NCCCOCC1CC1)NCc1ccnc(Oc2ccc(F)cc2)c1. The second-order valence-electron chi connectivity index (χ2n) is 6.78. The highest BCUT2D eigenvalue weighted by Gasteiger charge is 2.20. The Labute approximate surface area is 165 Å². The second-order valence-corrected chi connectivity index (χ2v) is 6.78. The maximum absolute atomic E-state index is 13.0. The maximum atomic E-state index is 13.0. The third kappa shape index (κ3) is 7.15. The zero-order valence-corrected chi connectivity index (χ0v) is 16.2. The van der Waals surface area contributed by atoms with Crippen LogP contribution < -0.4 is 15.4 Å². The summed E-state index contributed by atoms with van der Waals surface area (Å²) in [5.41, 5.74) is 1.00. The summed E-state index contributed by atoms with van der Waals surface area (Å²) in [5, 5.41) is 6.55. The molecule has 2 N–H and O–H groups in total. The van der Waals surface area contributed by atoms with Gasteiger partial charge in [0, 0.05) is 45.6 Å². The van der Waals surface area contributed by atoms with E-state index in [1.807, 2.05) is 12.1 Å². The molecule has 7 heteroatoms. The normalized spacial score (nSPS) is 14.0. The largest absolute Gasteiger partial charge is 0.439 e. The van der Waals surface area contributed by atoms with Gasteiger partial charge in [-0.25, -0.2) is 9.37 Å². The molecule has 0 saturated heterocycles. The summed E-state index contributed by atoms with van der Waals surface area (Å²) in [4.78, 5) is 8.42. The predicted octanol–water partition coefficient (Wildman–Crippen LogP) is 3.49. The average molecular weight is 386 g/mol. The number of ether oxygens (including phenoxy) is 2. The predicted molar refractivity (Wildman–Crippen MR) is 107 cm³/mol. The molecule has 6 nitrogen and oxygen atoms in total. The molecule has 0 aliphatic heterocycles. The molecular weight excluding hydrogens is 359 g/mol. The van der Waals surface area contributed by atoms with Gasteiger partial charge in [-0.15, -0.1) is 0 Å². The smallest absolute Gasteiger partial charge is 0.219 e. The van der Waals surface area contributed by atoms with Gasteiger partial charge in [0.2, 0.25) is 5.88 Å². The fourth-order valence-corrected chi connectivity index (χ4v) is 2.56. The van der Waals surface area contributed by atoms with Crippen LogP contribution in [0.3, 0.4) is 0 Å². The van der Waals surface area contributed by atoms with Gasteiger partial charge in [0.05, 0.1) is 0 Å². The summed E-state index contributed by atoms with van der Waals surface area (Å²) < 4.78 is 24.3. The number of halogens is 1. The molecule has 0 spiro atoms. The number of hydrogen-bond acceptors (Lipinski definition) is 4. The third-order valence-electron chi connectivity index (χ3n) is 4.33. The molecular formula is C21H27FN4O2. The molecule has 28 heavy (non-hydrogen) atoms. The first-order valence-corrected chi connectivity index (χ1v) is 9.63. The first-order chi connectivity index (χ1) is 13.7. The van der Waals surface area contributed by atoms with E-state index in [0.717, 1.165) is 43.6 Å². The van der Waals surface area contributed by atoms with Crippen LogP contribution in [0.1, 0.15) is 24.8 Å². The zero-order chi connectivity index (χ0) is 19.6. The first-order valence-electron chi connectivity index (χ1n) is 9.63. The van der Waals surface area contributed by atoms with Crippen LogP contribution >= 0.6 is 0 Å². The molecule has 0 amide bonds. The number of aliphatic imine (C=N–C) groups is 1. The number of nitrogens with one attached hydrogen (secondary N) is 2. The van der Waals surface area contributed by atoms with Gasteiger partial charge in [-0.3, -0.25) is 4.99 Å². The molecule has 1 aromatic carbocycles. The van der Waals surface area contributed by atoms with E-state index in [1.165, 1.54) is 25.0 Å². The lowest BCUT2D eigenvalue weighted by molar-refractivity contribution is 0.123. The molecule has 0 bridgehead atoms. The Morgan fingerprint density at radius 1 is 1.21 bits per heavy atom. The Morgan fingerprint density at radius 3 is 2.79 bits per heavy atom. The molecule has 0 atom stereocenters. The van der Waals surface area contributed by atoms with Gasteiger partial charge >= 0.3 is 0 Å². The number of benzene rings is 1. The summed E-state index contributed by atoms with van der Waals surface area (Å²) >= 11 is 0. The topological polar surface area (TPSA) is 67.8 Å². The summed E-state index contributed by atoms with van der Waals surface area (Å²) in [7, 11) is 1.74. The maximum Gasteiger partial charge on any atom is 0.219 e. The van der Waals surface area contributed by atoms with Crippen molar-refractivity contribution in [2.75, 3.05) is 26.8 Å². The molecule has 150 valence electrons. The van der Waals surface area contributed by atoms with Gasteiger partial charge in [-0.2, -0.15) is 0 Å². The van der Waals surface area contributed by atoms with Gasteiger partial charge in [0.25, 0.3) is 0 Å². The van der Waals surface area contributed by atoms with Crippen molar-refractivity contribution in [2.45, 2.75) is 25.8 Å². The van der Waals surface area contributed by atoms with Gasteiger partial charge in [0.1, 0.15) is 11.6 Å². The van der Waals surface area contributed by atoms with E-state index in [2.05, 4.69) is 20.6 Å². The van der Waals surface area contributed by atoms with Crippen LogP contribution in [0.2, 0.25) is 0 Å². The van der Waals surface area contributed by atoms with Crippen LogP contribution in [0.25, 0.3) is 0 Å². The molecule has 1 fully saturated rings. The summed E-state index contributed by atoms with van der Waals surface area (Å²) in [6.07, 6.45) is 5.27. The van der Waals surface area contributed by atoms with Gasteiger partial charge in [0.15, 0.2) is 5.96 Å². The first kappa shape index (κ1) is 20.1. The van der Waals surface area contributed by atoms with E-state index in [9.17, 15) is 4.39 Å². The number of nitrogens with zero attached hydrogens (tertiary/aromatic N) is 2. The number of rotatable bonds is 10. The Morgan fingerprint density at radius 2 is 2.04 bits per heavy atom. The second kappa shape index (κ2) is 10.6. The molecule has 2 aromatic rings. The molecule has 3 rings (SSSR count). The van der Waals surface area contributed by atoms with Gasteiger partial charge in [-0.05, 0) is 61.1 Å². The summed E-state index contributed by atoms with van der Waals surface area (Å²) in [6, 6.07) is 9.60. The zero-order valence-electron chi connectivity index (χ0n) is 16.2. The molecule has 0 radical (unpaired) electrons. The summed E-state index contributed by atoms with van der Waals surface area (Å²) in [6.45, 7) is 3.06. The fraction of sp³-hybridized carbons (Fsp3) is 0.429. The van der Waals surface area contributed by atoms with Crippen molar-refractivity contribution < 1.29 is 13.9 Å². The van der Waals surface area contributed by atoms with Crippen molar-refractivity contribution in [3.05, 3.63) is 54.0 Å². The minimum Gasteiger partial charge on any atom is -0.439 e. The molecule has 0 unspecified atom stereocenters. The monoisotopic (exact) mass is 386 g/mol. The van der Waals surface area contributed by atoms with Crippen LogP contribution in [-0.2, 0) is 11.3 Å². The Bertz CT molecular complexity index is 763. The minimum atomic E-state index is -0.299. The molecule has 1 aliphatic rings. The molecule has 1 aromatic heterocycles. The standard InChI is InChI=1S/C21H27FN4O2/c1-23-21(25-10-2-12-27-15-16-3-4-16)26-14-17-9-11-24-20(13-17)28-19-7-5-18(22)6-8-19/h5-9,11,13,16H,2-4,10,12,14-15H2,1H3,(H2,23,25,26). The van der Waals surface area contributed by atoms with E-state index in [0.29, 0.717) is 18.2 Å². The quantitative estimate of drug-likeness (QED) is 0.372. The highest BCUT2D eigenvalue weighted by molar-refractivity contribution is 5.79. The van der Waals surface area contributed by atoms with Gasteiger partial charge in [-0.1, -0.05) is 0 Å². The Balaban J connectivity index is 1.39. The highest BCUT2D eigenvalue weighted by Crippen LogP contribution is 2.28.